The lowest BCUT2D eigenvalue weighted by Gasteiger charge is -2.12. The van der Waals surface area contributed by atoms with Crippen LogP contribution in [0.15, 0.2) is 0 Å². The Bertz CT molecular complexity index is 73.7. The fraction of sp³-hybridized carbons (Fsp3) is 1.00. The highest BCUT2D eigenvalue weighted by molar-refractivity contribution is 4.64. The summed E-state index contributed by atoms with van der Waals surface area (Å²) < 4.78 is 23.3. The minimum absolute atomic E-state index is 0.168. The van der Waals surface area contributed by atoms with E-state index in [-0.39, 0.29) is 12.5 Å². The Kier molecular flexibility index (Phi) is 4.52. The molecule has 0 amide bonds. The van der Waals surface area contributed by atoms with Gasteiger partial charge in [0.25, 0.3) is 0 Å². The average Bonchev–Trinajstić information content (AvgIpc) is 1.58. The summed E-state index contributed by atoms with van der Waals surface area (Å²) in [7, 11) is 0. The number of rotatable bonds is 4. The second-order valence-electron chi connectivity index (χ2n) is 3.02. The number of hydrogen-bond donors (Lipinski definition) is 1. The van der Waals surface area contributed by atoms with Crippen molar-refractivity contribution in [2.75, 3.05) is 0 Å². The fourth-order valence-corrected chi connectivity index (χ4v) is 0.931. The molecule has 0 rings (SSSR count). The third-order valence-corrected chi connectivity index (χ3v) is 1.26. The Morgan fingerprint density at radius 1 is 1.20 bits per heavy atom. The molecule has 0 fully saturated rings. The topological polar surface area (TPSA) is 26.0 Å². The van der Waals surface area contributed by atoms with Gasteiger partial charge in [-0.3, -0.25) is 0 Å². The van der Waals surface area contributed by atoms with E-state index in [4.69, 9.17) is 5.73 Å². The highest BCUT2D eigenvalue weighted by atomic mass is 19.3. The van der Waals surface area contributed by atoms with Gasteiger partial charge in [0.15, 0.2) is 0 Å². The summed E-state index contributed by atoms with van der Waals surface area (Å²) in [5.74, 6) is 0.411. The second kappa shape index (κ2) is 4.61. The minimum Gasteiger partial charge on any atom is -0.327 e. The van der Waals surface area contributed by atoms with Gasteiger partial charge >= 0.3 is 0 Å². The highest BCUT2D eigenvalue weighted by Gasteiger charge is 2.11. The molecule has 3 heteroatoms. The summed E-state index contributed by atoms with van der Waals surface area (Å²) in [5, 5.41) is 0. The normalized spacial score (nSPS) is 14.7. The number of nitrogens with two attached hydrogens (primary N) is 1. The van der Waals surface area contributed by atoms with Crippen molar-refractivity contribution in [3.63, 3.8) is 0 Å². The van der Waals surface area contributed by atoms with E-state index in [0.29, 0.717) is 12.3 Å². The second-order valence-corrected chi connectivity index (χ2v) is 3.02. The molecule has 0 aliphatic heterocycles. The Balaban J connectivity index is 3.34. The van der Waals surface area contributed by atoms with E-state index in [1.807, 2.05) is 13.8 Å². The van der Waals surface area contributed by atoms with Crippen LogP contribution in [0.5, 0.6) is 0 Å². The molecule has 0 radical (unpaired) electrons. The third kappa shape index (κ3) is 5.95. The van der Waals surface area contributed by atoms with Gasteiger partial charge in [-0.25, -0.2) is 8.78 Å². The molecule has 0 bridgehead atoms. The van der Waals surface area contributed by atoms with Crippen LogP contribution in [0.4, 0.5) is 8.78 Å². The first-order chi connectivity index (χ1) is 4.52. The van der Waals surface area contributed by atoms with Gasteiger partial charge in [-0.1, -0.05) is 13.8 Å². The molecule has 0 aliphatic rings. The molecule has 0 aromatic carbocycles. The summed E-state index contributed by atoms with van der Waals surface area (Å²) in [6.07, 6.45) is -1.74. The zero-order chi connectivity index (χ0) is 8.15. The molecular weight excluding hydrogens is 136 g/mol. The zero-order valence-corrected chi connectivity index (χ0v) is 6.48. The molecular formula is C7H15F2N. The molecule has 1 atom stereocenters. The van der Waals surface area contributed by atoms with Crippen molar-refractivity contribution in [3.05, 3.63) is 0 Å². The summed E-state index contributed by atoms with van der Waals surface area (Å²) >= 11 is 0. The molecule has 10 heavy (non-hydrogen) atoms. The van der Waals surface area contributed by atoms with Gasteiger partial charge in [0.2, 0.25) is 6.43 Å². The van der Waals surface area contributed by atoms with Gasteiger partial charge in [-0.05, 0) is 12.3 Å². The Morgan fingerprint density at radius 3 is 2.00 bits per heavy atom. The average molecular weight is 151 g/mol. The fourth-order valence-electron chi connectivity index (χ4n) is 0.931. The summed E-state index contributed by atoms with van der Waals surface area (Å²) in [6.45, 7) is 3.96. The maximum Gasteiger partial charge on any atom is 0.240 e. The van der Waals surface area contributed by atoms with E-state index < -0.39 is 6.43 Å². The Hall–Kier alpha value is -0.180. The molecule has 0 aromatic rings. The lowest BCUT2D eigenvalue weighted by Crippen LogP contribution is -2.24. The quantitative estimate of drug-likeness (QED) is 0.653. The molecule has 2 N–H and O–H groups in total. The largest absolute Gasteiger partial charge is 0.327 e. The molecule has 1 nitrogen and oxygen atoms in total. The van der Waals surface area contributed by atoms with Crippen molar-refractivity contribution in [3.8, 4) is 0 Å². The first-order valence-electron chi connectivity index (χ1n) is 3.56. The molecule has 0 heterocycles. The van der Waals surface area contributed by atoms with Crippen molar-refractivity contribution in [2.45, 2.75) is 39.2 Å². The van der Waals surface area contributed by atoms with E-state index in [1.165, 1.54) is 0 Å². The molecule has 62 valence electrons. The van der Waals surface area contributed by atoms with Crippen LogP contribution in [-0.2, 0) is 0 Å². The minimum atomic E-state index is -2.26. The van der Waals surface area contributed by atoms with Crippen molar-refractivity contribution >= 4 is 0 Å². The van der Waals surface area contributed by atoms with Crippen LogP contribution in [0.1, 0.15) is 26.7 Å². The first kappa shape index (κ1) is 9.82. The van der Waals surface area contributed by atoms with Gasteiger partial charge in [0, 0.05) is 12.5 Å². The standard InChI is InChI=1S/C7H15F2N/c1-5(2)3-6(10)4-7(8)9/h5-7H,3-4,10H2,1-2H3/t6-/m1/s1. The van der Waals surface area contributed by atoms with Crippen molar-refractivity contribution in [2.24, 2.45) is 11.7 Å². The van der Waals surface area contributed by atoms with Crippen LogP contribution in [0.3, 0.4) is 0 Å². The van der Waals surface area contributed by atoms with Crippen molar-refractivity contribution in [1.29, 1.82) is 0 Å². The van der Waals surface area contributed by atoms with Crippen LogP contribution in [0.2, 0.25) is 0 Å². The van der Waals surface area contributed by atoms with Gasteiger partial charge < -0.3 is 5.73 Å². The van der Waals surface area contributed by atoms with Crippen molar-refractivity contribution < 1.29 is 8.78 Å². The lowest BCUT2D eigenvalue weighted by atomic mass is 10.0. The van der Waals surface area contributed by atoms with Gasteiger partial charge in [-0.15, -0.1) is 0 Å². The monoisotopic (exact) mass is 151 g/mol. The Morgan fingerprint density at radius 2 is 1.70 bits per heavy atom. The maximum absolute atomic E-state index is 11.7. The summed E-state index contributed by atoms with van der Waals surface area (Å²) in [6, 6.07) is -0.333. The predicted octanol–water partition coefficient (Wildman–Crippen LogP) is 2.02. The van der Waals surface area contributed by atoms with E-state index in [9.17, 15) is 8.78 Å². The van der Waals surface area contributed by atoms with E-state index in [1.54, 1.807) is 0 Å². The van der Waals surface area contributed by atoms with Crippen LogP contribution >= 0.6 is 0 Å². The van der Waals surface area contributed by atoms with Crippen LogP contribution < -0.4 is 5.73 Å². The molecule has 0 spiro atoms. The summed E-state index contributed by atoms with van der Waals surface area (Å²) in [5.41, 5.74) is 5.40. The smallest absolute Gasteiger partial charge is 0.240 e. The number of alkyl halides is 2. The van der Waals surface area contributed by atoms with Gasteiger partial charge in [-0.2, -0.15) is 0 Å². The van der Waals surface area contributed by atoms with Crippen LogP contribution in [0.25, 0.3) is 0 Å². The number of hydrogen-bond acceptors (Lipinski definition) is 1. The van der Waals surface area contributed by atoms with E-state index >= 15 is 0 Å². The SMILES string of the molecule is CC(C)C[C@@H](N)CC(F)F. The van der Waals surface area contributed by atoms with E-state index in [2.05, 4.69) is 0 Å². The first-order valence-corrected chi connectivity index (χ1v) is 3.56. The third-order valence-electron chi connectivity index (χ3n) is 1.26. The van der Waals surface area contributed by atoms with Crippen LogP contribution in [0, 0.1) is 5.92 Å². The Labute approximate surface area is 60.6 Å². The molecule has 0 aliphatic carbocycles. The molecule has 0 aromatic heterocycles. The lowest BCUT2D eigenvalue weighted by molar-refractivity contribution is 0.125. The molecule has 0 saturated carbocycles. The number of halogens is 2. The maximum atomic E-state index is 11.7. The molecule has 0 unspecified atom stereocenters. The van der Waals surface area contributed by atoms with Crippen molar-refractivity contribution in [1.82, 2.24) is 0 Å². The molecule has 0 saturated heterocycles. The highest BCUT2D eigenvalue weighted by Crippen LogP contribution is 2.09. The van der Waals surface area contributed by atoms with Crippen LogP contribution in [-0.4, -0.2) is 12.5 Å². The summed E-state index contributed by atoms with van der Waals surface area (Å²) in [4.78, 5) is 0. The van der Waals surface area contributed by atoms with E-state index in [0.717, 1.165) is 0 Å². The predicted molar refractivity (Wildman–Crippen MR) is 38.1 cm³/mol. The van der Waals surface area contributed by atoms with Gasteiger partial charge in [0.05, 0.1) is 0 Å². The zero-order valence-electron chi connectivity index (χ0n) is 6.48. The van der Waals surface area contributed by atoms with Gasteiger partial charge in [0.1, 0.15) is 0 Å².